The van der Waals surface area contributed by atoms with Crippen molar-refractivity contribution in [3.05, 3.63) is 57.4 Å². The number of benzene rings is 1. The Kier molecular flexibility index (Phi) is 4.97. The van der Waals surface area contributed by atoms with E-state index in [0.29, 0.717) is 6.54 Å². The molecule has 124 valence electrons. The number of thiazole rings is 1. The number of carbonyl (C=O) groups excluding carboxylic acids is 1. The highest BCUT2D eigenvalue weighted by atomic mass is 32.1. The zero-order valence-electron chi connectivity index (χ0n) is 13.8. The Morgan fingerprint density at radius 2 is 2.00 bits per heavy atom. The van der Waals surface area contributed by atoms with Crippen LogP contribution in [0.25, 0.3) is 9.88 Å². The van der Waals surface area contributed by atoms with Gasteiger partial charge in [-0.05, 0) is 55.5 Å². The molecule has 0 bridgehead atoms. The third-order valence-electron chi connectivity index (χ3n) is 3.80. The quantitative estimate of drug-likeness (QED) is 0.681. The number of carbonyl (C=O) groups is 1. The van der Waals surface area contributed by atoms with E-state index in [1.54, 1.807) is 22.7 Å². The Balaban J connectivity index is 1.61. The van der Waals surface area contributed by atoms with Crippen LogP contribution in [0.2, 0.25) is 0 Å². The van der Waals surface area contributed by atoms with Crippen LogP contribution >= 0.6 is 22.7 Å². The molecule has 3 rings (SSSR count). The molecular formula is C18H19N3OS2. The second-order valence-electron chi connectivity index (χ2n) is 5.61. The summed E-state index contributed by atoms with van der Waals surface area (Å²) in [5.41, 5.74) is 4.14. The second kappa shape index (κ2) is 7.15. The summed E-state index contributed by atoms with van der Waals surface area (Å²) >= 11 is 3.30. The number of rotatable bonds is 4. The summed E-state index contributed by atoms with van der Waals surface area (Å²) in [4.78, 5) is 18.9. The van der Waals surface area contributed by atoms with E-state index < -0.39 is 0 Å². The number of hydrogen-bond acceptors (Lipinski definition) is 4. The second-order valence-corrected chi connectivity index (χ2v) is 7.64. The van der Waals surface area contributed by atoms with Crippen molar-refractivity contribution >= 4 is 34.4 Å². The fourth-order valence-electron chi connectivity index (χ4n) is 2.25. The van der Waals surface area contributed by atoms with Gasteiger partial charge in [0.2, 0.25) is 0 Å². The van der Waals surface area contributed by atoms with Gasteiger partial charge in [-0.2, -0.15) is 0 Å². The topological polar surface area (TPSA) is 54.0 Å². The first-order valence-electron chi connectivity index (χ1n) is 7.65. The Morgan fingerprint density at radius 3 is 2.71 bits per heavy atom. The van der Waals surface area contributed by atoms with Crippen LogP contribution in [0, 0.1) is 20.8 Å². The van der Waals surface area contributed by atoms with E-state index in [4.69, 9.17) is 0 Å². The molecular weight excluding hydrogens is 338 g/mol. The number of thiophene rings is 1. The summed E-state index contributed by atoms with van der Waals surface area (Å²) in [7, 11) is 0. The van der Waals surface area contributed by atoms with E-state index in [0.717, 1.165) is 31.7 Å². The van der Waals surface area contributed by atoms with Gasteiger partial charge in [0.1, 0.15) is 5.01 Å². The monoisotopic (exact) mass is 357 g/mol. The highest BCUT2D eigenvalue weighted by Crippen LogP contribution is 2.30. The van der Waals surface area contributed by atoms with Crippen LogP contribution in [0.5, 0.6) is 0 Å². The number of urea groups is 1. The third kappa shape index (κ3) is 3.83. The zero-order chi connectivity index (χ0) is 17.1. The molecule has 0 atom stereocenters. The highest BCUT2D eigenvalue weighted by molar-refractivity contribution is 7.21. The van der Waals surface area contributed by atoms with Gasteiger partial charge in [-0.1, -0.05) is 12.1 Å². The molecule has 24 heavy (non-hydrogen) atoms. The number of aryl methyl sites for hydroxylation is 3. The minimum Gasteiger partial charge on any atom is -0.333 e. The van der Waals surface area contributed by atoms with E-state index in [9.17, 15) is 4.79 Å². The van der Waals surface area contributed by atoms with Gasteiger partial charge in [0.25, 0.3) is 0 Å². The van der Waals surface area contributed by atoms with Gasteiger partial charge in [0.05, 0.1) is 17.1 Å². The van der Waals surface area contributed by atoms with Crippen molar-refractivity contribution in [3.8, 4) is 9.88 Å². The summed E-state index contributed by atoms with van der Waals surface area (Å²) in [6.45, 7) is 6.54. The predicted molar refractivity (Wildman–Crippen MR) is 102 cm³/mol. The molecule has 0 spiro atoms. The van der Waals surface area contributed by atoms with Crippen molar-refractivity contribution in [1.82, 2.24) is 10.3 Å². The molecule has 2 aromatic heterocycles. The molecule has 6 heteroatoms. The lowest BCUT2D eigenvalue weighted by Gasteiger charge is -2.08. The Bertz CT molecular complexity index is 853. The van der Waals surface area contributed by atoms with Crippen LogP contribution in [0.4, 0.5) is 10.5 Å². The van der Waals surface area contributed by atoms with E-state index in [-0.39, 0.29) is 6.03 Å². The molecule has 0 fully saturated rings. The van der Waals surface area contributed by atoms with Crippen molar-refractivity contribution in [2.75, 3.05) is 5.32 Å². The molecule has 0 aliphatic carbocycles. The van der Waals surface area contributed by atoms with E-state index in [1.165, 1.54) is 5.56 Å². The number of nitrogens with zero attached hydrogens (tertiary/aromatic N) is 1. The number of anilines is 1. The maximum atomic E-state index is 12.1. The summed E-state index contributed by atoms with van der Waals surface area (Å²) < 4.78 is 0. The van der Waals surface area contributed by atoms with Gasteiger partial charge in [-0.15, -0.1) is 22.7 Å². The van der Waals surface area contributed by atoms with Crippen molar-refractivity contribution in [1.29, 1.82) is 0 Å². The Labute approximate surface area is 149 Å². The fraction of sp³-hybridized carbons (Fsp3) is 0.222. The summed E-state index contributed by atoms with van der Waals surface area (Å²) in [6.07, 6.45) is 0. The molecule has 0 saturated heterocycles. The first kappa shape index (κ1) is 16.7. The van der Waals surface area contributed by atoms with Crippen LogP contribution in [0.1, 0.15) is 21.7 Å². The number of aromatic nitrogens is 1. The average Bonchev–Trinajstić information content (AvgIpc) is 3.18. The lowest BCUT2D eigenvalue weighted by molar-refractivity contribution is 0.252. The minimum atomic E-state index is -0.205. The maximum absolute atomic E-state index is 12.1. The van der Waals surface area contributed by atoms with Crippen molar-refractivity contribution in [3.63, 3.8) is 0 Å². The molecule has 2 amide bonds. The van der Waals surface area contributed by atoms with Crippen LogP contribution in [-0.2, 0) is 6.54 Å². The summed E-state index contributed by atoms with van der Waals surface area (Å²) in [5, 5.41) is 8.83. The van der Waals surface area contributed by atoms with Crippen molar-refractivity contribution < 1.29 is 4.79 Å². The van der Waals surface area contributed by atoms with E-state index in [1.807, 2.05) is 43.5 Å². The molecule has 2 N–H and O–H groups in total. The van der Waals surface area contributed by atoms with Crippen LogP contribution in [0.3, 0.4) is 0 Å². The van der Waals surface area contributed by atoms with Crippen molar-refractivity contribution in [2.24, 2.45) is 0 Å². The molecule has 0 aliphatic heterocycles. The first-order chi connectivity index (χ1) is 11.5. The van der Waals surface area contributed by atoms with Gasteiger partial charge in [-0.3, -0.25) is 0 Å². The lowest BCUT2D eigenvalue weighted by atomic mass is 10.1. The number of amides is 2. The molecule has 1 aromatic carbocycles. The largest absolute Gasteiger partial charge is 0.333 e. The standard InChI is InChI=1S/C18H19N3OS2/c1-11-6-7-14(9-12(11)2)21-18(22)19-10-16-13(3)20-17(24-16)15-5-4-8-23-15/h4-9H,10H2,1-3H3,(H2,19,21,22). The van der Waals surface area contributed by atoms with Crippen LogP contribution < -0.4 is 10.6 Å². The molecule has 3 aromatic rings. The van der Waals surface area contributed by atoms with Gasteiger partial charge >= 0.3 is 6.03 Å². The minimum absolute atomic E-state index is 0.205. The van der Waals surface area contributed by atoms with Gasteiger partial charge in [0.15, 0.2) is 0 Å². The molecule has 2 heterocycles. The maximum Gasteiger partial charge on any atom is 0.319 e. The molecule has 4 nitrogen and oxygen atoms in total. The predicted octanol–water partition coefficient (Wildman–Crippen LogP) is 5.12. The Hall–Kier alpha value is -2.18. The van der Waals surface area contributed by atoms with Crippen molar-refractivity contribution in [2.45, 2.75) is 27.3 Å². The smallest absolute Gasteiger partial charge is 0.319 e. The van der Waals surface area contributed by atoms with Crippen LogP contribution in [-0.4, -0.2) is 11.0 Å². The first-order valence-corrected chi connectivity index (χ1v) is 9.35. The lowest BCUT2D eigenvalue weighted by Crippen LogP contribution is -2.28. The molecule has 0 radical (unpaired) electrons. The fourth-order valence-corrected chi connectivity index (χ4v) is 4.05. The average molecular weight is 358 g/mol. The van der Waals surface area contributed by atoms with Gasteiger partial charge < -0.3 is 10.6 Å². The van der Waals surface area contributed by atoms with Gasteiger partial charge in [0, 0.05) is 10.6 Å². The molecule has 0 unspecified atom stereocenters. The third-order valence-corrected chi connectivity index (χ3v) is 6.00. The van der Waals surface area contributed by atoms with E-state index in [2.05, 4.69) is 28.6 Å². The number of hydrogen-bond donors (Lipinski definition) is 2. The summed E-state index contributed by atoms with van der Waals surface area (Å²) in [6, 6.07) is 9.77. The Morgan fingerprint density at radius 1 is 1.17 bits per heavy atom. The van der Waals surface area contributed by atoms with Gasteiger partial charge in [-0.25, -0.2) is 9.78 Å². The van der Waals surface area contributed by atoms with Crippen LogP contribution in [0.15, 0.2) is 35.7 Å². The zero-order valence-corrected chi connectivity index (χ0v) is 15.5. The highest BCUT2D eigenvalue weighted by Gasteiger charge is 2.11. The normalized spacial score (nSPS) is 10.6. The summed E-state index contributed by atoms with van der Waals surface area (Å²) in [5.74, 6) is 0. The molecule has 0 saturated carbocycles. The van der Waals surface area contributed by atoms with E-state index >= 15 is 0 Å². The SMILES string of the molecule is Cc1ccc(NC(=O)NCc2sc(-c3cccs3)nc2C)cc1C. The molecule has 0 aliphatic rings. The number of nitrogens with one attached hydrogen (secondary N) is 2.